The Bertz CT molecular complexity index is 1170. The van der Waals surface area contributed by atoms with Crippen LogP contribution in [-0.2, 0) is 19.0 Å². The molecule has 1 atom stereocenters. The molecule has 2 N–H and O–H groups in total. The molecule has 0 aliphatic heterocycles. The molecule has 11 heteroatoms. The molecule has 178 valence electrons. The van der Waals surface area contributed by atoms with Crippen LogP contribution < -0.4 is 10.6 Å². The third kappa shape index (κ3) is 4.92. The third-order valence-electron chi connectivity index (χ3n) is 6.03. The van der Waals surface area contributed by atoms with E-state index < -0.39 is 23.8 Å². The Morgan fingerprint density at radius 3 is 2.03 bits per heavy atom. The van der Waals surface area contributed by atoms with Crippen LogP contribution in [0.3, 0.4) is 0 Å². The van der Waals surface area contributed by atoms with Crippen LogP contribution >= 0.6 is 0 Å². The summed E-state index contributed by atoms with van der Waals surface area (Å²) in [6.07, 6.45) is -3.54. The van der Waals surface area contributed by atoms with Crippen LogP contribution in [0.15, 0.2) is 42.5 Å². The first-order valence-corrected chi connectivity index (χ1v) is 10.9. The molecule has 1 saturated carbocycles. The lowest BCUT2D eigenvalue weighted by atomic mass is 10.1. The number of halogens is 5. The van der Waals surface area contributed by atoms with E-state index in [0.29, 0.717) is 0 Å². The minimum atomic E-state index is -4.63. The highest BCUT2D eigenvalue weighted by atomic mass is 19.4. The molecular formula is C23H21F5N6. The first kappa shape index (κ1) is 22.4. The van der Waals surface area contributed by atoms with Gasteiger partial charge in [-0.15, -0.1) is 0 Å². The molecule has 2 aliphatic carbocycles. The van der Waals surface area contributed by atoms with Crippen LogP contribution in [0.25, 0.3) is 11.5 Å². The quantitative estimate of drug-likeness (QED) is 0.498. The zero-order valence-electron chi connectivity index (χ0n) is 17.9. The first-order valence-electron chi connectivity index (χ1n) is 10.9. The van der Waals surface area contributed by atoms with E-state index in [9.17, 15) is 22.0 Å². The van der Waals surface area contributed by atoms with Crippen molar-refractivity contribution >= 4 is 11.9 Å². The Morgan fingerprint density at radius 1 is 0.794 bits per heavy atom. The molecule has 1 fully saturated rings. The summed E-state index contributed by atoms with van der Waals surface area (Å²) in [4.78, 5) is 16.5. The second kappa shape index (κ2) is 8.44. The maximum atomic E-state index is 13.7. The van der Waals surface area contributed by atoms with E-state index >= 15 is 0 Å². The Hall–Kier alpha value is -3.37. The topological polar surface area (TPSA) is 75.6 Å². The molecule has 2 heterocycles. The second-order valence-corrected chi connectivity index (χ2v) is 8.67. The lowest BCUT2D eigenvalue weighted by Crippen LogP contribution is -2.24. The minimum absolute atomic E-state index is 0.0184. The average Bonchev–Trinajstić information content (AvgIpc) is 3.34. The molecule has 0 saturated heterocycles. The summed E-state index contributed by atoms with van der Waals surface area (Å²) in [5.74, 6) is -2.68. The number of hydrogen-bond acceptors (Lipinski definition) is 6. The molecule has 6 nitrogen and oxygen atoms in total. The minimum Gasteiger partial charge on any atom is -0.351 e. The van der Waals surface area contributed by atoms with Crippen molar-refractivity contribution in [2.24, 2.45) is 0 Å². The van der Waals surface area contributed by atoms with E-state index in [-0.39, 0.29) is 48.7 Å². The van der Waals surface area contributed by atoms with Gasteiger partial charge in [-0.25, -0.2) is 13.8 Å². The van der Waals surface area contributed by atoms with Gasteiger partial charge < -0.3 is 10.6 Å². The normalized spacial score (nSPS) is 19.7. The number of alkyl halides is 5. The van der Waals surface area contributed by atoms with Crippen LogP contribution in [0.5, 0.6) is 0 Å². The van der Waals surface area contributed by atoms with Gasteiger partial charge >= 0.3 is 6.18 Å². The van der Waals surface area contributed by atoms with Crippen molar-refractivity contribution in [3.05, 3.63) is 59.3 Å². The Kier molecular flexibility index (Phi) is 5.57. The van der Waals surface area contributed by atoms with Crippen molar-refractivity contribution in [3.8, 4) is 11.5 Å². The van der Waals surface area contributed by atoms with Crippen LogP contribution in [0.1, 0.15) is 36.1 Å². The van der Waals surface area contributed by atoms with E-state index in [1.807, 2.05) is 24.3 Å². The number of rotatable bonds is 5. The zero-order chi connectivity index (χ0) is 23.9. The number of pyridine rings is 1. The van der Waals surface area contributed by atoms with Gasteiger partial charge in [-0.2, -0.15) is 28.1 Å². The summed E-state index contributed by atoms with van der Waals surface area (Å²) in [5.41, 5.74) is 1.23. The van der Waals surface area contributed by atoms with Crippen molar-refractivity contribution in [3.63, 3.8) is 0 Å². The van der Waals surface area contributed by atoms with Gasteiger partial charge in [-0.3, -0.25) is 0 Å². The standard InChI is InChI=1S/C23H21F5N6/c24-22(25)9-8-15(12-22)29-20-32-19(17-6-3-7-18(31-17)23(26,27)28)33-21(34-20)30-16-10-13-4-1-2-5-14(13)11-16/h1-7,15-16H,8-12H2,(H2,29,30,32,33,34). The van der Waals surface area contributed by atoms with Crippen LogP contribution in [0.2, 0.25) is 0 Å². The molecule has 1 unspecified atom stereocenters. The summed E-state index contributed by atoms with van der Waals surface area (Å²) < 4.78 is 66.8. The Labute approximate surface area is 192 Å². The highest BCUT2D eigenvalue weighted by molar-refractivity contribution is 5.54. The van der Waals surface area contributed by atoms with Crippen LogP contribution in [0, 0.1) is 0 Å². The number of nitrogens with zero attached hydrogens (tertiary/aromatic N) is 4. The fourth-order valence-electron chi connectivity index (χ4n) is 4.44. The van der Waals surface area contributed by atoms with E-state index in [0.717, 1.165) is 18.9 Å². The second-order valence-electron chi connectivity index (χ2n) is 8.67. The van der Waals surface area contributed by atoms with Crippen molar-refractivity contribution in [2.75, 3.05) is 10.6 Å². The van der Waals surface area contributed by atoms with E-state index in [2.05, 4.69) is 30.6 Å². The van der Waals surface area contributed by atoms with Gasteiger partial charge in [-0.1, -0.05) is 30.3 Å². The molecule has 3 aromatic rings. The fraction of sp³-hybridized carbons (Fsp3) is 0.391. The van der Waals surface area contributed by atoms with Gasteiger partial charge in [0.25, 0.3) is 0 Å². The lowest BCUT2D eigenvalue weighted by molar-refractivity contribution is -0.141. The van der Waals surface area contributed by atoms with Crippen molar-refractivity contribution < 1.29 is 22.0 Å². The van der Waals surface area contributed by atoms with E-state index in [1.54, 1.807) is 0 Å². The van der Waals surface area contributed by atoms with Gasteiger partial charge in [0.2, 0.25) is 17.8 Å². The van der Waals surface area contributed by atoms with Crippen molar-refractivity contribution in [1.82, 2.24) is 19.9 Å². The lowest BCUT2D eigenvalue weighted by Gasteiger charge is -2.17. The molecule has 0 amide bonds. The number of aromatic nitrogens is 4. The maximum Gasteiger partial charge on any atom is 0.433 e. The predicted octanol–water partition coefficient (Wildman–Crippen LogP) is 5.13. The largest absolute Gasteiger partial charge is 0.433 e. The highest BCUT2D eigenvalue weighted by Crippen LogP contribution is 2.36. The summed E-state index contributed by atoms with van der Waals surface area (Å²) in [6.45, 7) is 0. The molecule has 2 aliphatic rings. The van der Waals surface area contributed by atoms with Crippen LogP contribution in [0.4, 0.5) is 33.8 Å². The molecule has 2 aromatic heterocycles. The van der Waals surface area contributed by atoms with Gasteiger partial charge in [0.05, 0.1) is 0 Å². The smallest absolute Gasteiger partial charge is 0.351 e. The van der Waals surface area contributed by atoms with Gasteiger partial charge in [0, 0.05) is 24.9 Å². The van der Waals surface area contributed by atoms with E-state index in [1.165, 1.54) is 23.3 Å². The summed E-state index contributed by atoms with van der Waals surface area (Å²) >= 11 is 0. The molecular weight excluding hydrogens is 455 g/mol. The number of fused-ring (bicyclic) bond motifs is 1. The molecule has 0 radical (unpaired) electrons. The Balaban J connectivity index is 1.45. The number of nitrogens with one attached hydrogen (secondary N) is 2. The predicted molar refractivity (Wildman–Crippen MR) is 116 cm³/mol. The van der Waals surface area contributed by atoms with Gasteiger partial charge in [0.15, 0.2) is 5.82 Å². The van der Waals surface area contributed by atoms with Crippen molar-refractivity contribution in [2.45, 2.75) is 56.3 Å². The van der Waals surface area contributed by atoms with E-state index in [4.69, 9.17) is 0 Å². The maximum absolute atomic E-state index is 13.7. The SMILES string of the molecule is FC1(F)CCC(Nc2nc(NC3Cc4ccccc4C3)nc(-c3cccc(C(F)(F)F)n3)n2)C1. The summed E-state index contributed by atoms with van der Waals surface area (Å²) in [6, 6.07) is 10.9. The zero-order valence-corrected chi connectivity index (χ0v) is 17.9. The summed E-state index contributed by atoms with van der Waals surface area (Å²) in [7, 11) is 0. The fourth-order valence-corrected chi connectivity index (χ4v) is 4.44. The van der Waals surface area contributed by atoms with Gasteiger partial charge in [-0.05, 0) is 42.5 Å². The Morgan fingerprint density at radius 2 is 1.44 bits per heavy atom. The third-order valence-corrected chi connectivity index (χ3v) is 6.03. The molecule has 0 spiro atoms. The molecule has 0 bridgehead atoms. The number of anilines is 2. The van der Waals surface area contributed by atoms with Gasteiger partial charge in [0.1, 0.15) is 11.4 Å². The summed E-state index contributed by atoms with van der Waals surface area (Å²) in [5, 5.41) is 6.13. The average molecular weight is 476 g/mol. The molecule has 1 aromatic carbocycles. The number of hydrogen-bond donors (Lipinski definition) is 2. The highest BCUT2D eigenvalue weighted by Gasteiger charge is 2.40. The monoisotopic (exact) mass is 476 g/mol. The van der Waals surface area contributed by atoms with Crippen LogP contribution in [-0.4, -0.2) is 37.9 Å². The first-order chi connectivity index (χ1) is 16.1. The molecule has 34 heavy (non-hydrogen) atoms. The molecule has 5 rings (SSSR count). The number of benzene rings is 1. The van der Waals surface area contributed by atoms with Crippen molar-refractivity contribution in [1.29, 1.82) is 0 Å².